The van der Waals surface area contributed by atoms with Crippen LogP contribution in [0, 0.1) is 0 Å². The van der Waals surface area contributed by atoms with E-state index in [1.807, 2.05) is 12.1 Å². The number of sulfone groups is 1. The molecule has 1 rings (SSSR count). The van der Waals surface area contributed by atoms with Crippen molar-refractivity contribution < 1.29 is 17.7 Å². The molecule has 0 N–H and O–H groups in total. The summed E-state index contributed by atoms with van der Waals surface area (Å²) in [6, 6.07) is 7.17. The lowest BCUT2D eigenvalue weighted by atomic mass is 10.2. The molecule has 1 aromatic carbocycles. The Morgan fingerprint density at radius 2 is 1.94 bits per heavy atom. The van der Waals surface area contributed by atoms with Crippen LogP contribution in [0.4, 0.5) is 0 Å². The Morgan fingerprint density at radius 3 is 2.50 bits per heavy atom. The van der Waals surface area contributed by atoms with Gasteiger partial charge in [-0.2, -0.15) is 0 Å². The summed E-state index contributed by atoms with van der Waals surface area (Å²) >= 11 is 0. The zero-order valence-electron chi connectivity index (χ0n) is 9.21. The second kappa shape index (κ2) is 5.41. The Kier molecular flexibility index (Phi) is 4.44. The van der Waals surface area contributed by atoms with Gasteiger partial charge in [-0.3, -0.25) is 4.57 Å². The summed E-state index contributed by atoms with van der Waals surface area (Å²) in [5, 5.41) is 0. The Labute approximate surface area is 96.3 Å². The number of benzene rings is 1. The summed E-state index contributed by atoms with van der Waals surface area (Å²) in [6.45, 7) is 0. The summed E-state index contributed by atoms with van der Waals surface area (Å²) in [4.78, 5) is 0. The largest absolute Gasteiger partial charge is 0.496 e. The van der Waals surface area contributed by atoms with Gasteiger partial charge in [0.15, 0.2) is 9.84 Å². The highest BCUT2D eigenvalue weighted by Gasteiger charge is 2.12. The van der Waals surface area contributed by atoms with Crippen molar-refractivity contribution in [2.75, 3.05) is 18.9 Å². The lowest BCUT2D eigenvalue weighted by Crippen LogP contribution is -2.00. The zero-order chi connectivity index (χ0) is 12.2. The van der Waals surface area contributed by atoms with Crippen LogP contribution in [0.1, 0.15) is 5.56 Å². The topological polar surface area (TPSA) is 60.4 Å². The highest BCUT2D eigenvalue weighted by molar-refractivity contribution is 7.95. The van der Waals surface area contributed by atoms with Crippen molar-refractivity contribution in [3.05, 3.63) is 29.8 Å². The Hall–Kier alpha value is -0.930. The minimum atomic E-state index is -3.19. The maximum atomic E-state index is 11.6. The minimum absolute atomic E-state index is 0.229. The number of rotatable bonds is 5. The van der Waals surface area contributed by atoms with Crippen LogP contribution in [-0.2, 0) is 20.6 Å². The fraction of sp³-hybridized carbons (Fsp3) is 0.400. The van der Waals surface area contributed by atoms with Crippen molar-refractivity contribution >= 4 is 17.6 Å². The standard InChI is InChI=1S/C10H14O4PS/c1-14-10-6-4-3-5-9(10)7-15(11)8-16(2,12)13/h3-6H,7-8H2,1-2H3. The van der Waals surface area contributed by atoms with Crippen molar-refractivity contribution in [2.24, 2.45) is 0 Å². The molecule has 89 valence electrons. The molecule has 0 spiro atoms. The van der Waals surface area contributed by atoms with Crippen molar-refractivity contribution in [1.29, 1.82) is 0 Å². The van der Waals surface area contributed by atoms with Gasteiger partial charge in [-0.25, -0.2) is 8.42 Å². The quantitative estimate of drug-likeness (QED) is 0.761. The Bertz CT molecular complexity index is 481. The van der Waals surface area contributed by atoms with E-state index in [1.165, 1.54) is 7.11 Å². The van der Waals surface area contributed by atoms with E-state index in [1.54, 1.807) is 12.1 Å². The molecule has 4 nitrogen and oxygen atoms in total. The summed E-state index contributed by atoms with van der Waals surface area (Å²) in [5.74, 6) is 0.638. The van der Waals surface area contributed by atoms with E-state index in [-0.39, 0.29) is 11.7 Å². The summed E-state index contributed by atoms with van der Waals surface area (Å²) in [5.41, 5.74) is 0.496. The monoisotopic (exact) mass is 261 g/mol. The maximum absolute atomic E-state index is 11.6. The van der Waals surface area contributed by atoms with Crippen molar-refractivity contribution in [1.82, 2.24) is 0 Å². The highest BCUT2D eigenvalue weighted by atomic mass is 32.2. The fourth-order valence-corrected chi connectivity index (χ4v) is 4.43. The van der Waals surface area contributed by atoms with Crippen LogP contribution < -0.4 is 4.74 Å². The van der Waals surface area contributed by atoms with Crippen LogP contribution in [0.15, 0.2) is 24.3 Å². The molecule has 16 heavy (non-hydrogen) atoms. The molecule has 0 aliphatic rings. The van der Waals surface area contributed by atoms with Gasteiger partial charge in [-0.05, 0) is 6.07 Å². The smallest absolute Gasteiger partial charge is 0.157 e. The molecule has 6 heteroatoms. The molecule has 0 aliphatic heterocycles. The Balaban J connectivity index is 2.77. The summed E-state index contributed by atoms with van der Waals surface area (Å²) < 4.78 is 38.7. The first-order valence-electron chi connectivity index (χ1n) is 4.64. The first-order valence-corrected chi connectivity index (χ1v) is 8.33. The van der Waals surface area contributed by atoms with E-state index < -0.39 is 17.6 Å². The first kappa shape index (κ1) is 13.1. The third kappa shape index (κ3) is 4.29. The average Bonchev–Trinajstić information content (AvgIpc) is 2.15. The molecule has 1 aromatic rings. The predicted molar refractivity (Wildman–Crippen MR) is 64.0 cm³/mol. The third-order valence-electron chi connectivity index (χ3n) is 1.92. The highest BCUT2D eigenvalue weighted by Crippen LogP contribution is 2.32. The van der Waals surface area contributed by atoms with Gasteiger partial charge in [-0.15, -0.1) is 0 Å². The van der Waals surface area contributed by atoms with Gasteiger partial charge in [0, 0.05) is 18.0 Å². The van der Waals surface area contributed by atoms with Crippen molar-refractivity contribution in [2.45, 2.75) is 6.16 Å². The third-order valence-corrected chi connectivity index (χ3v) is 5.64. The molecule has 0 bridgehead atoms. The molecule has 0 saturated carbocycles. The molecule has 1 unspecified atom stereocenters. The van der Waals surface area contributed by atoms with Gasteiger partial charge in [0.1, 0.15) is 11.2 Å². The second-order valence-corrected chi connectivity index (χ2v) is 7.67. The fourth-order valence-electron chi connectivity index (χ4n) is 1.33. The van der Waals surface area contributed by atoms with E-state index >= 15 is 0 Å². The molecule has 0 aliphatic carbocycles. The lowest BCUT2D eigenvalue weighted by Gasteiger charge is -2.06. The summed E-state index contributed by atoms with van der Waals surface area (Å²) in [6.07, 6.45) is 1.31. The maximum Gasteiger partial charge on any atom is 0.157 e. The zero-order valence-corrected chi connectivity index (χ0v) is 10.9. The molecule has 0 saturated heterocycles. The lowest BCUT2D eigenvalue weighted by molar-refractivity contribution is 0.411. The molecule has 0 aromatic heterocycles. The van der Waals surface area contributed by atoms with E-state index in [4.69, 9.17) is 4.74 Å². The normalized spacial score (nSPS) is 12.2. The van der Waals surface area contributed by atoms with E-state index in [9.17, 15) is 13.0 Å². The van der Waals surface area contributed by atoms with Crippen LogP contribution >= 0.6 is 7.80 Å². The minimum Gasteiger partial charge on any atom is -0.496 e. The van der Waals surface area contributed by atoms with Crippen LogP contribution in [-0.4, -0.2) is 27.3 Å². The van der Waals surface area contributed by atoms with Gasteiger partial charge in [0.25, 0.3) is 0 Å². The van der Waals surface area contributed by atoms with Gasteiger partial charge in [0.2, 0.25) is 0 Å². The molecular formula is C10H14O4PS. The van der Waals surface area contributed by atoms with E-state index in [0.29, 0.717) is 5.75 Å². The molecule has 0 fully saturated rings. The van der Waals surface area contributed by atoms with Crippen molar-refractivity contribution in [3.8, 4) is 5.75 Å². The van der Waals surface area contributed by atoms with Crippen molar-refractivity contribution in [3.63, 3.8) is 0 Å². The number of ether oxygens (including phenoxy) is 1. The molecule has 0 amide bonds. The van der Waals surface area contributed by atoms with Crippen LogP contribution in [0.3, 0.4) is 0 Å². The van der Waals surface area contributed by atoms with E-state index in [0.717, 1.165) is 11.8 Å². The van der Waals surface area contributed by atoms with E-state index in [2.05, 4.69) is 0 Å². The number of methoxy groups -OCH3 is 1. The predicted octanol–water partition coefficient (Wildman–Crippen LogP) is 2.02. The van der Waals surface area contributed by atoms with Gasteiger partial charge >= 0.3 is 0 Å². The van der Waals surface area contributed by atoms with Crippen LogP contribution in [0.25, 0.3) is 0 Å². The van der Waals surface area contributed by atoms with Gasteiger partial charge in [0.05, 0.1) is 14.9 Å². The molecule has 0 heterocycles. The SMILES string of the molecule is COc1ccccc1C[P](=O)CS(C)(=O)=O. The number of hydrogen-bond donors (Lipinski definition) is 0. The summed E-state index contributed by atoms with van der Waals surface area (Å²) in [7, 11) is -3.44. The van der Waals surface area contributed by atoms with Gasteiger partial charge < -0.3 is 4.74 Å². The average molecular weight is 261 g/mol. The molecule has 1 atom stereocenters. The van der Waals surface area contributed by atoms with Crippen LogP contribution in [0.5, 0.6) is 5.75 Å². The van der Waals surface area contributed by atoms with Crippen LogP contribution in [0.2, 0.25) is 0 Å². The first-order chi connectivity index (χ1) is 7.42. The Morgan fingerprint density at radius 1 is 1.31 bits per heavy atom. The number of hydrogen-bond acceptors (Lipinski definition) is 4. The van der Waals surface area contributed by atoms with Gasteiger partial charge in [-0.1, -0.05) is 18.2 Å². The molecule has 1 radical (unpaired) electrons. The second-order valence-electron chi connectivity index (χ2n) is 3.51. The molecular weight excluding hydrogens is 247 g/mol. The number of para-hydroxylation sites is 1.